The molecule has 0 radical (unpaired) electrons. The van der Waals surface area contributed by atoms with E-state index < -0.39 is 0 Å². The third-order valence-electron chi connectivity index (χ3n) is 3.79. The third kappa shape index (κ3) is 3.44. The summed E-state index contributed by atoms with van der Waals surface area (Å²) in [4.78, 5) is 18.6. The molecule has 1 atom stereocenters. The SMILES string of the molecule is O=C(NC(CO)CN1CCOCC1)c1cc2cccn2cn1. The highest BCUT2D eigenvalue weighted by atomic mass is 16.5. The zero-order valence-electron chi connectivity index (χ0n) is 12.3. The van der Waals surface area contributed by atoms with Crippen LogP contribution in [0.3, 0.4) is 0 Å². The fourth-order valence-electron chi connectivity index (χ4n) is 2.56. The van der Waals surface area contributed by atoms with E-state index in [9.17, 15) is 9.90 Å². The van der Waals surface area contributed by atoms with E-state index in [-0.39, 0.29) is 18.6 Å². The summed E-state index contributed by atoms with van der Waals surface area (Å²) in [7, 11) is 0. The fourth-order valence-corrected chi connectivity index (χ4v) is 2.56. The summed E-state index contributed by atoms with van der Waals surface area (Å²) >= 11 is 0. The minimum absolute atomic E-state index is 0.101. The third-order valence-corrected chi connectivity index (χ3v) is 3.79. The molecular formula is C15H20N4O3. The van der Waals surface area contributed by atoms with Crippen LogP contribution in [0.5, 0.6) is 0 Å². The number of ether oxygens (including phenoxy) is 1. The maximum atomic E-state index is 12.3. The molecule has 1 fully saturated rings. The predicted molar refractivity (Wildman–Crippen MR) is 80.8 cm³/mol. The minimum Gasteiger partial charge on any atom is -0.394 e. The molecule has 1 saturated heterocycles. The molecule has 2 N–H and O–H groups in total. The lowest BCUT2D eigenvalue weighted by molar-refractivity contribution is 0.0296. The summed E-state index contributed by atoms with van der Waals surface area (Å²) < 4.78 is 7.14. The van der Waals surface area contributed by atoms with E-state index in [1.807, 2.05) is 22.7 Å². The van der Waals surface area contributed by atoms with Gasteiger partial charge in [0, 0.05) is 31.3 Å². The lowest BCUT2D eigenvalue weighted by Crippen LogP contribution is -2.49. The van der Waals surface area contributed by atoms with Crippen molar-refractivity contribution >= 4 is 11.4 Å². The van der Waals surface area contributed by atoms with Gasteiger partial charge in [-0.2, -0.15) is 0 Å². The number of morpholine rings is 1. The first-order valence-electron chi connectivity index (χ1n) is 7.41. The number of fused-ring (bicyclic) bond motifs is 1. The number of aliphatic hydroxyl groups is 1. The van der Waals surface area contributed by atoms with E-state index in [1.54, 1.807) is 12.4 Å². The first-order valence-corrected chi connectivity index (χ1v) is 7.41. The summed E-state index contributed by atoms with van der Waals surface area (Å²) in [5.74, 6) is -0.268. The zero-order chi connectivity index (χ0) is 15.4. The molecule has 2 aromatic rings. The number of carbonyl (C=O) groups is 1. The second-order valence-electron chi connectivity index (χ2n) is 5.38. The van der Waals surface area contributed by atoms with Crippen LogP contribution in [-0.2, 0) is 4.74 Å². The van der Waals surface area contributed by atoms with E-state index in [0.717, 1.165) is 18.6 Å². The maximum Gasteiger partial charge on any atom is 0.270 e. The topological polar surface area (TPSA) is 79.1 Å². The molecule has 2 aromatic heterocycles. The molecule has 1 unspecified atom stereocenters. The lowest BCUT2D eigenvalue weighted by Gasteiger charge is -2.30. The van der Waals surface area contributed by atoms with Crippen molar-refractivity contribution in [2.24, 2.45) is 0 Å². The fraction of sp³-hybridized carbons (Fsp3) is 0.467. The Morgan fingerprint density at radius 2 is 2.27 bits per heavy atom. The Kier molecular flexibility index (Phi) is 4.67. The molecule has 7 nitrogen and oxygen atoms in total. The molecule has 3 heterocycles. The van der Waals surface area contributed by atoms with Crippen LogP contribution >= 0.6 is 0 Å². The second kappa shape index (κ2) is 6.87. The van der Waals surface area contributed by atoms with Gasteiger partial charge in [-0.3, -0.25) is 9.69 Å². The number of aliphatic hydroxyl groups excluding tert-OH is 1. The number of carbonyl (C=O) groups excluding carboxylic acids is 1. The van der Waals surface area contributed by atoms with Crippen LogP contribution in [0.25, 0.3) is 5.52 Å². The Morgan fingerprint density at radius 3 is 3.05 bits per heavy atom. The Labute approximate surface area is 128 Å². The molecule has 0 aliphatic carbocycles. The average Bonchev–Trinajstić information content (AvgIpc) is 3.02. The number of hydrogen-bond acceptors (Lipinski definition) is 5. The van der Waals surface area contributed by atoms with Gasteiger partial charge in [0.1, 0.15) is 5.69 Å². The van der Waals surface area contributed by atoms with Gasteiger partial charge in [-0.15, -0.1) is 0 Å². The van der Waals surface area contributed by atoms with Gasteiger partial charge >= 0.3 is 0 Å². The smallest absolute Gasteiger partial charge is 0.270 e. The highest BCUT2D eigenvalue weighted by molar-refractivity contribution is 5.93. The van der Waals surface area contributed by atoms with Crippen LogP contribution in [0.1, 0.15) is 10.5 Å². The number of nitrogens with one attached hydrogen (secondary N) is 1. The Bertz CT molecular complexity index is 637. The van der Waals surface area contributed by atoms with Crippen molar-refractivity contribution in [2.75, 3.05) is 39.5 Å². The van der Waals surface area contributed by atoms with E-state index in [0.29, 0.717) is 25.5 Å². The standard InChI is InChI=1S/C15H20N4O3/c20-10-12(9-18-4-6-22-7-5-18)17-15(21)14-8-13-2-1-3-19(13)11-16-14/h1-3,8,11-12,20H,4-7,9-10H2,(H,17,21). The van der Waals surface area contributed by atoms with Crippen LogP contribution in [-0.4, -0.2) is 70.8 Å². The van der Waals surface area contributed by atoms with E-state index >= 15 is 0 Å². The van der Waals surface area contributed by atoms with Crippen molar-refractivity contribution in [1.82, 2.24) is 19.6 Å². The quantitative estimate of drug-likeness (QED) is 0.797. The van der Waals surface area contributed by atoms with Crippen LogP contribution in [0, 0.1) is 0 Å². The first kappa shape index (κ1) is 15.0. The van der Waals surface area contributed by atoms with E-state index in [4.69, 9.17) is 4.74 Å². The molecule has 7 heteroatoms. The zero-order valence-corrected chi connectivity index (χ0v) is 12.3. The molecule has 1 aliphatic rings. The molecule has 1 aliphatic heterocycles. The number of nitrogens with zero attached hydrogens (tertiary/aromatic N) is 3. The van der Waals surface area contributed by atoms with Gasteiger partial charge in [-0.05, 0) is 18.2 Å². The van der Waals surface area contributed by atoms with Gasteiger partial charge in [0.05, 0.1) is 32.2 Å². The van der Waals surface area contributed by atoms with Crippen molar-refractivity contribution in [1.29, 1.82) is 0 Å². The second-order valence-corrected chi connectivity index (χ2v) is 5.38. The number of aromatic nitrogens is 2. The van der Waals surface area contributed by atoms with Crippen LogP contribution < -0.4 is 5.32 Å². The van der Waals surface area contributed by atoms with E-state index in [1.165, 1.54) is 0 Å². The molecule has 1 amide bonds. The molecule has 0 spiro atoms. The largest absolute Gasteiger partial charge is 0.394 e. The van der Waals surface area contributed by atoms with Crippen molar-refractivity contribution in [3.63, 3.8) is 0 Å². The Morgan fingerprint density at radius 1 is 1.45 bits per heavy atom. The highest BCUT2D eigenvalue weighted by Crippen LogP contribution is 2.06. The molecule has 22 heavy (non-hydrogen) atoms. The molecule has 0 saturated carbocycles. The molecule has 0 bridgehead atoms. The summed E-state index contributed by atoms with van der Waals surface area (Å²) in [5.41, 5.74) is 1.26. The maximum absolute atomic E-state index is 12.3. The van der Waals surface area contributed by atoms with Gasteiger partial charge < -0.3 is 19.6 Å². The van der Waals surface area contributed by atoms with E-state index in [2.05, 4.69) is 15.2 Å². The molecule has 3 rings (SSSR count). The lowest BCUT2D eigenvalue weighted by atomic mass is 10.2. The monoisotopic (exact) mass is 304 g/mol. The molecule has 0 aromatic carbocycles. The Hall–Kier alpha value is -1.96. The molecular weight excluding hydrogens is 284 g/mol. The van der Waals surface area contributed by atoms with Crippen LogP contribution in [0.15, 0.2) is 30.7 Å². The predicted octanol–water partition coefficient (Wildman–Crippen LogP) is -0.243. The highest BCUT2D eigenvalue weighted by Gasteiger charge is 2.19. The summed E-state index contributed by atoms with van der Waals surface area (Å²) in [6.45, 7) is 3.54. The minimum atomic E-state index is -0.310. The number of amides is 1. The summed E-state index contributed by atoms with van der Waals surface area (Å²) in [6.07, 6.45) is 3.49. The van der Waals surface area contributed by atoms with Crippen LogP contribution in [0.2, 0.25) is 0 Å². The van der Waals surface area contributed by atoms with Gasteiger partial charge in [0.15, 0.2) is 0 Å². The first-order chi connectivity index (χ1) is 10.8. The van der Waals surface area contributed by atoms with Gasteiger partial charge in [-0.1, -0.05) is 0 Å². The van der Waals surface area contributed by atoms with Crippen LogP contribution in [0.4, 0.5) is 0 Å². The number of hydrogen-bond donors (Lipinski definition) is 2. The van der Waals surface area contributed by atoms with Gasteiger partial charge in [0.25, 0.3) is 5.91 Å². The van der Waals surface area contributed by atoms with Crippen molar-refractivity contribution in [3.8, 4) is 0 Å². The van der Waals surface area contributed by atoms with Gasteiger partial charge in [-0.25, -0.2) is 4.98 Å². The van der Waals surface area contributed by atoms with Gasteiger partial charge in [0.2, 0.25) is 0 Å². The Balaban J connectivity index is 1.62. The normalized spacial score (nSPS) is 17.5. The summed E-state index contributed by atoms with van der Waals surface area (Å²) in [6, 6.07) is 5.23. The van der Waals surface area contributed by atoms with Crippen molar-refractivity contribution < 1.29 is 14.6 Å². The number of rotatable bonds is 5. The molecule has 118 valence electrons. The van der Waals surface area contributed by atoms with Crippen molar-refractivity contribution in [2.45, 2.75) is 6.04 Å². The summed E-state index contributed by atoms with van der Waals surface area (Å²) in [5, 5.41) is 12.3. The van der Waals surface area contributed by atoms with Crippen molar-refractivity contribution in [3.05, 3.63) is 36.4 Å². The average molecular weight is 304 g/mol.